The monoisotopic (exact) mass is 839 g/mol. The van der Waals surface area contributed by atoms with Crippen LogP contribution in [0, 0.1) is 0 Å². The fraction of sp³-hybridized carbons (Fsp3) is 0. The summed E-state index contributed by atoms with van der Waals surface area (Å²) in [7, 11) is 0. The van der Waals surface area contributed by atoms with Crippen LogP contribution in [0.4, 0.5) is 0 Å². The zero-order valence-electron chi connectivity index (χ0n) is 35.6. The van der Waals surface area contributed by atoms with E-state index in [0.29, 0.717) is 17.5 Å². The third kappa shape index (κ3) is 5.44. The number of hydrogen-bond acceptors (Lipinski definition) is 3. The molecule has 66 heavy (non-hydrogen) atoms. The molecule has 0 unspecified atom stereocenters. The van der Waals surface area contributed by atoms with Crippen LogP contribution >= 0.6 is 0 Å². The second kappa shape index (κ2) is 14.3. The van der Waals surface area contributed by atoms with Gasteiger partial charge in [0.1, 0.15) is 0 Å². The summed E-state index contributed by atoms with van der Waals surface area (Å²) >= 11 is 0. The van der Waals surface area contributed by atoms with Crippen molar-refractivity contribution in [2.24, 2.45) is 0 Å². The first-order valence-electron chi connectivity index (χ1n) is 22.4. The van der Waals surface area contributed by atoms with Crippen LogP contribution in [-0.2, 0) is 0 Å². The third-order valence-corrected chi connectivity index (χ3v) is 13.5. The summed E-state index contributed by atoms with van der Waals surface area (Å²) in [6.45, 7) is 0. The Hall–Kier alpha value is -8.93. The molecule has 0 aliphatic rings. The highest BCUT2D eigenvalue weighted by molar-refractivity contribution is 6.17. The van der Waals surface area contributed by atoms with Crippen molar-refractivity contribution in [3.8, 4) is 45.5 Å². The normalized spacial score (nSPS) is 11.9. The van der Waals surface area contributed by atoms with E-state index in [4.69, 9.17) is 15.0 Å². The average molecular weight is 840 g/mol. The van der Waals surface area contributed by atoms with Gasteiger partial charge in [-0.05, 0) is 80.8 Å². The molecule has 5 nitrogen and oxygen atoms in total. The Morgan fingerprint density at radius 1 is 0.242 bits per heavy atom. The van der Waals surface area contributed by atoms with E-state index in [-0.39, 0.29) is 0 Å². The first-order chi connectivity index (χ1) is 32.7. The predicted octanol–water partition coefficient (Wildman–Crippen LogP) is 15.7. The van der Waals surface area contributed by atoms with Gasteiger partial charge in [0.15, 0.2) is 17.5 Å². The van der Waals surface area contributed by atoms with Crippen LogP contribution in [0.1, 0.15) is 0 Å². The summed E-state index contributed by atoms with van der Waals surface area (Å²) in [6.07, 6.45) is 0. The molecule has 3 heterocycles. The van der Waals surface area contributed by atoms with Crippen molar-refractivity contribution in [1.82, 2.24) is 24.1 Å². The summed E-state index contributed by atoms with van der Waals surface area (Å²) in [5, 5.41) is 14.1. The Balaban J connectivity index is 1.01. The molecule has 14 aromatic rings. The second-order valence-corrected chi connectivity index (χ2v) is 17.1. The Bertz CT molecular complexity index is 4240. The van der Waals surface area contributed by atoms with Crippen LogP contribution in [0.2, 0.25) is 0 Å². The van der Waals surface area contributed by atoms with E-state index in [0.717, 1.165) is 60.6 Å². The molecule has 0 bridgehead atoms. The molecule has 306 valence electrons. The summed E-state index contributed by atoms with van der Waals surface area (Å²) in [4.78, 5) is 15.9. The summed E-state index contributed by atoms with van der Waals surface area (Å²) in [5.41, 5.74) is 9.78. The number of hydrogen-bond donors (Lipinski definition) is 0. The van der Waals surface area contributed by atoms with E-state index in [1.165, 1.54) is 54.1 Å². The molecule has 0 aliphatic heterocycles. The predicted molar refractivity (Wildman–Crippen MR) is 275 cm³/mol. The summed E-state index contributed by atoms with van der Waals surface area (Å²) < 4.78 is 4.89. The number of aromatic nitrogens is 5. The number of nitrogens with zero attached hydrogens (tertiary/aromatic N) is 5. The highest BCUT2D eigenvalue weighted by atomic mass is 15.0. The van der Waals surface area contributed by atoms with E-state index in [1.54, 1.807) is 0 Å². The van der Waals surface area contributed by atoms with Crippen molar-refractivity contribution in [1.29, 1.82) is 0 Å². The minimum atomic E-state index is 0.628. The van der Waals surface area contributed by atoms with Crippen LogP contribution < -0.4 is 0 Å². The highest BCUT2D eigenvalue weighted by Crippen LogP contribution is 2.42. The maximum absolute atomic E-state index is 5.38. The van der Waals surface area contributed by atoms with Gasteiger partial charge in [-0.2, -0.15) is 0 Å². The van der Waals surface area contributed by atoms with Gasteiger partial charge in [0.05, 0.1) is 33.4 Å². The maximum atomic E-state index is 5.38. The Labute approximate surface area is 379 Å². The Kier molecular flexibility index (Phi) is 7.91. The van der Waals surface area contributed by atoms with Crippen molar-refractivity contribution in [2.75, 3.05) is 0 Å². The lowest BCUT2D eigenvalue weighted by Gasteiger charge is -2.16. The minimum Gasteiger partial charge on any atom is -0.309 e. The van der Waals surface area contributed by atoms with Crippen LogP contribution in [-0.4, -0.2) is 24.1 Å². The lowest BCUT2D eigenvalue weighted by atomic mass is 9.96. The lowest BCUT2D eigenvalue weighted by molar-refractivity contribution is 1.08. The number of rotatable bonds is 5. The standard InChI is InChI=1S/C61H37N5/c1-2-17-38(18-3-1)59-62-60(64-61(63-59)52-36-39-19-4-5-21-41(39)42-22-6-7-23-43(42)52)49-29-15-28-45-44(49)27-16-34-56(45)66-55-32-13-10-26-48(55)51-35-40-20-14-33-57(50(40)37-58(51)66)65-53-30-11-8-24-46(53)47-25-9-12-31-54(47)65/h1-37H. The van der Waals surface area contributed by atoms with E-state index in [1.807, 2.05) is 18.2 Å². The van der Waals surface area contributed by atoms with Crippen LogP contribution in [0.25, 0.3) is 132 Å². The summed E-state index contributed by atoms with van der Waals surface area (Å²) in [5.74, 6) is 1.90. The SMILES string of the molecule is c1ccc(-c2nc(-c3cccc4c(-n5c6ccccc6c6cc7cccc(-n8c9ccccc9c9ccccc98)c7cc65)cccc34)nc(-c3cc4ccccc4c4ccccc34)n2)cc1. The topological polar surface area (TPSA) is 48.5 Å². The van der Waals surface area contributed by atoms with E-state index >= 15 is 0 Å². The minimum absolute atomic E-state index is 0.628. The van der Waals surface area contributed by atoms with Gasteiger partial charge in [-0.25, -0.2) is 15.0 Å². The first-order valence-corrected chi connectivity index (χ1v) is 22.4. The fourth-order valence-corrected chi connectivity index (χ4v) is 10.6. The van der Waals surface area contributed by atoms with Gasteiger partial charge in [-0.1, -0.05) is 176 Å². The molecular formula is C61H37N5. The van der Waals surface area contributed by atoms with E-state index in [9.17, 15) is 0 Å². The van der Waals surface area contributed by atoms with E-state index < -0.39 is 0 Å². The smallest absolute Gasteiger partial charge is 0.164 e. The molecule has 0 radical (unpaired) electrons. The molecular weight excluding hydrogens is 803 g/mol. The molecule has 0 N–H and O–H groups in total. The lowest BCUT2D eigenvalue weighted by Crippen LogP contribution is -2.02. The quantitative estimate of drug-likeness (QED) is 0.162. The number of para-hydroxylation sites is 3. The number of fused-ring (bicyclic) bond motifs is 11. The van der Waals surface area contributed by atoms with Crippen molar-refractivity contribution in [3.05, 3.63) is 224 Å². The van der Waals surface area contributed by atoms with Gasteiger partial charge in [0, 0.05) is 49.0 Å². The number of benzene rings is 11. The van der Waals surface area contributed by atoms with Gasteiger partial charge < -0.3 is 9.13 Å². The van der Waals surface area contributed by atoms with Crippen molar-refractivity contribution in [2.45, 2.75) is 0 Å². The molecule has 0 aliphatic carbocycles. The molecule has 0 saturated carbocycles. The molecule has 0 atom stereocenters. The second-order valence-electron chi connectivity index (χ2n) is 17.1. The van der Waals surface area contributed by atoms with Gasteiger partial charge in [-0.15, -0.1) is 0 Å². The van der Waals surface area contributed by atoms with Crippen molar-refractivity contribution in [3.63, 3.8) is 0 Å². The Morgan fingerprint density at radius 2 is 0.697 bits per heavy atom. The van der Waals surface area contributed by atoms with E-state index in [2.05, 4.69) is 215 Å². The molecule has 14 rings (SSSR count). The van der Waals surface area contributed by atoms with Crippen LogP contribution in [0.3, 0.4) is 0 Å². The zero-order valence-corrected chi connectivity index (χ0v) is 35.6. The molecule has 0 amide bonds. The van der Waals surface area contributed by atoms with Gasteiger partial charge in [0.25, 0.3) is 0 Å². The maximum Gasteiger partial charge on any atom is 0.164 e. The Morgan fingerprint density at radius 3 is 1.42 bits per heavy atom. The van der Waals surface area contributed by atoms with Crippen LogP contribution in [0.15, 0.2) is 224 Å². The average Bonchev–Trinajstić information content (AvgIpc) is 3.89. The van der Waals surface area contributed by atoms with Crippen molar-refractivity contribution < 1.29 is 0 Å². The molecule has 3 aromatic heterocycles. The molecule has 0 fully saturated rings. The summed E-state index contributed by atoms with van der Waals surface area (Å²) in [6, 6.07) is 80.5. The van der Waals surface area contributed by atoms with Crippen LogP contribution in [0.5, 0.6) is 0 Å². The molecule has 11 aromatic carbocycles. The van der Waals surface area contributed by atoms with Gasteiger partial charge in [0.2, 0.25) is 0 Å². The zero-order chi connectivity index (χ0) is 43.3. The van der Waals surface area contributed by atoms with Gasteiger partial charge in [-0.3, -0.25) is 0 Å². The highest BCUT2D eigenvalue weighted by Gasteiger charge is 2.21. The van der Waals surface area contributed by atoms with Crippen molar-refractivity contribution >= 4 is 86.7 Å². The molecule has 0 saturated heterocycles. The molecule has 0 spiro atoms. The molecule has 5 heteroatoms. The van der Waals surface area contributed by atoms with Gasteiger partial charge >= 0.3 is 0 Å². The first kappa shape index (κ1) is 36.5. The largest absolute Gasteiger partial charge is 0.309 e. The third-order valence-electron chi connectivity index (χ3n) is 13.5. The fourth-order valence-electron chi connectivity index (χ4n) is 10.6.